The van der Waals surface area contributed by atoms with E-state index in [9.17, 15) is 13.2 Å². The van der Waals surface area contributed by atoms with E-state index in [1.807, 2.05) is 6.92 Å². The number of hydrogen-bond acceptors (Lipinski definition) is 3. The molecule has 6 heteroatoms. The molecule has 1 aromatic rings. The number of amides is 1. The molecule has 0 aliphatic heterocycles. The Balaban J connectivity index is 2.54. The summed E-state index contributed by atoms with van der Waals surface area (Å²) in [5, 5.41) is 2.56. The van der Waals surface area contributed by atoms with E-state index in [0.29, 0.717) is 12.1 Å². The summed E-state index contributed by atoms with van der Waals surface area (Å²) in [6, 6.07) is 6.98. The molecule has 0 saturated heterocycles. The fourth-order valence-electron chi connectivity index (χ4n) is 1.37. The third-order valence-electron chi connectivity index (χ3n) is 2.29. The molecule has 0 radical (unpaired) electrons. The van der Waals surface area contributed by atoms with Crippen LogP contribution in [0.3, 0.4) is 0 Å². The summed E-state index contributed by atoms with van der Waals surface area (Å²) >= 11 is 3.28. The standard InChI is InChI=1S/C12H16BrNO3S/c1-2-3-8-18(16,17)9-12(15)14-11-6-4-10(13)5-7-11/h4-7H,2-3,8-9H2,1H3,(H,14,15). The topological polar surface area (TPSA) is 63.2 Å². The Bertz CT molecular complexity index is 497. The summed E-state index contributed by atoms with van der Waals surface area (Å²) in [5.41, 5.74) is 0.592. The average molecular weight is 334 g/mol. The van der Waals surface area contributed by atoms with Crippen LogP contribution in [0.1, 0.15) is 19.8 Å². The van der Waals surface area contributed by atoms with Gasteiger partial charge in [-0.05, 0) is 30.7 Å². The van der Waals surface area contributed by atoms with Crippen LogP contribution in [0.4, 0.5) is 5.69 Å². The van der Waals surface area contributed by atoms with Gasteiger partial charge in [0.05, 0.1) is 5.75 Å². The third kappa shape index (κ3) is 5.64. The van der Waals surface area contributed by atoms with Crippen LogP contribution in [0, 0.1) is 0 Å². The van der Waals surface area contributed by atoms with E-state index in [1.54, 1.807) is 24.3 Å². The zero-order chi connectivity index (χ0) is 13.6. The first-order valence-electron chi connectivity index (χ1n) is 5.69. The molecule has 0 aliphatic rings. The second-order valence-electron chi connectivity index (χ2n) is 4.00. The second-order valence-corrected chi connectivity index (χ2v) is 7.10. The smallest absolute Gasteiger partial charge is 0.239 e. The van der Waals surface area contributed by atoms with Gasteiger partial charge in [-0.15, -0.1) is 0 Å². The normalized spacial score (nSPS) is 11.2. The Hall–Kier alpha value is -0.880. The van der Waals surface area contributed by atoms with Crippen LogP contribution < -0.4 is 5.32 Å². The molecule has 0 bridgehead atoms. The predicted octanol–water partition coefficient (Wildman–Crippen LogP) is 2.60. The van der Waals surface area contributed by atoms with Crippen molar-refractivity contribution in [1.29, 1.82) is 0 Å². The van der Waals surface area contributed by atoms with Crippen LogP contribution in [-0.2, 0) is 14.6 Å². The molecule has 0 heterocycles. The lowest BCUT2D eigenvalue weighted by Gasteiger charge is -2.06. The molecule has 100 valence electrons. The van der Waals surface area contributed by atoms with E-state index in [-0.39, 0.29) is 5.75 Å². The van der Waals surface area contributed by atoms with Crippen molar-refractivity contribution in [2.75, 3.05) is 16.8 Å². The van der Waals surface area contributed by atoms with E-state index < -0.39 is 21.5 Å². The first-order chi connectivity index (χ1) is 8.43. The van der Waals surface area contributed by atoms with Gasteiger partial charge >= 0.3 is 0 Å². The molecule has 0 unspecified atom stereocenters. The van der Waals surface area contributed by atoms with Crippen LogP contribution in [0.25, 0.3) is 0 Å². The minimum atomic E-state index is -3.29. The van der Waals surface area contributed by atoms with E-state index in [2.05, 4.69) is 21.2 Å². The van der Waals surface area contributed by atoms with Crippen LogP contribution in [-0.4, -0.2) is 25.8 Å². The first-order valence-corrected chi connectivity index (χ1v) is 8.30. The summed E-state index contributed by atoms with van der Waals surface area (Å²) in [6.07, 6.45) is 1.39. The number of sulfone groups is 1. The zero-order valence-electron chi connectivity index (χ0n) is 10.1. The SMILES string of the molecule is CCCCS(=O)(=O)CC(=O)Nc1ccc(Br)cc1. The van der Waals surface area contributed by atoms with Gasteiger partial charge in [0.2, 0.25) is 5.91 Å². The van der Waals surface area contributed by atoms with E-state index in [4.69, 9.17) is 0 Å². The van der Waals surface area contributed by atoms with Gasteiger partial charge in [-0.3, -0.25) is 4.79 Å². The van der Waals surface area contributed by atoms with Gasteiger partial charge in [0.1, 0.15) is 5.75 Å². The van der Waals surface area contributed by atoms with Crippen molar-refractivity contribution >= 4 is 37.4 Å². The summed E-state index contributed by atoms with van der Waals surface area (Å²) < 4.78 is 24.1. The maximum absolute atomic E-state index is 11.6. The number of hydrogen-bond donors (Lipinski definition) is 1. The number of carbonyl (C=O) groups excluding carboxylic acids is 1. The molecular formula is C12H16BrNO3S. The lowest BCUT2D eigenvalue weighted by Crippen LogP contribution is -2.24. The summed E-state index contributed by atoms with van der Waals surface area (Å²) in [7, 11) is -3.29. The van der Waals surface area contributed by atoms with Gasteiger partial charge in [-0.2, -0.15) is 0 Å². The third-order valence-corrected chi connectivity index (χ3v) is 4.43. The highest BCUT2D eigenvalue weighted by atomic mass is 79.9. The van der Waals surface area contributed by atoms with Crippen LogP contribution >= 0.6 is 15.9 Å². The van der Waals surface area contributed by atoms with E-state index >= 15 is 0 Å². The highest BCUT2D eigenvalue weighted by Crippen LogP contribution is 2.14. The molecule has 18 heavy (non-hydrogen) atoms. The van der Waals surface area contributed by atoms with Crippen LogP contribution in [0.5, 0.6) is 0 Å². The number of nitrogens with one attached hydrogen (secondary N) is 1. The number of benzene rings is 1. The van der Waals surface area contributed by atoms with Gasteiger partial charge in [0.25, 0.3) is 0 Å². The van der Waals surface area contributed by atoms with Crippen LogP contribution in [0.15, 0.2) is 28.7 Å². The fourth-order valence-corrected chi connectivity index (χ4v) is 2.98. The van der Waals surface area contributed by atoms with Crippen LogP contribution in [0.2, 0.25) is 0 Å². The van der Waals surface area contributed by atoms with E-state index in [0.717, 1.165) is 10.9 Å². The molecule has 0 spiro atoms. The highest BCUT2D eigenvalue weighted by Gasteiger charge is 2.15. The molecule has 0 atom stereocenters. The lowest BCUT2D eigenvalue weighted by molar-refractivity contribution is -0.113. The highest BCUT2D eigenvalue weighted by molar-refractivity contribution is 9.10. The molecule has 0 aromatic heterocycles. The van der Waals surface area contributed by atoms with Gasteiger partial charge in [-0.1, -0.05) is 29.3 Å². The number of rotatable bonds is 6. The van der Waals surface area contributed by atoms with Crippen molar-refractivity contribution in [3.05, 3.63) is 28.7 Å². The van der Waals surface area contributed by atoms with Gasteiger partial charge < -0.3 is 5.32 Å². The Morgan fingerprint density at radius 2 is 1.89 bits per heavy atom. The maximum atomic E-state index is 11.6. The van der Waals surface area contributed by atoms with Crippen molar-refractivity contribution < 1.29 is 13.2 Å². The molecule has 0 fully saturated rings. The molecule has 0 saturated carbocycles. The second kappa shape index (κ2) is 6.89. The van der Waals surface area contributed by atoms with Crippen molar-refractivity contribution in [1.82, 2.24) is 0 Å². The maximum Gasteiger partial charge on any atom is 0.239 e. The molecule has 1 N–H and O–H groups in total. The van der Waals surface area contributed by atoms with Crippen molar-refractivity contribution in [3.63, 3.8) is 0 Å². The first kappa shape index (κ1) is 15.2. The summed E-state index contributed by atoms with van der Waals surface area (Å²) in [6.45, 7) is 1.91. The quantitative estimate of drug-likeness (QED) is 0.870. The average Bonchev–Trinajstić information content (AvgIpc) is 2.29. The molecule has 4 nitrogen and oxygen atoms in total. The van der Waals surface area contributed by atoms with Gasteiger partial charge in [-0.25, -0.2) is 8.42 Å². The zero-order valence-corrected chi connectivity index (χ0v) is 12.6. The minimum absolute atomic E-state index is 0.0667. The molecular weight excluding hydrogens is 318 g/mol. The van der Waals surface area contributed by atoms with Gasteiger partial charge in [0, 0.05) is 10.2 Å². The Morgan fingerprint density at radius 3 is 2.44 bits per heavy atom. The number of anilines is 1. The minimum Gasteiger partial charge on any atom is -0.325 e. The summed E-state index contributed by atoms with van der Waals surface area (Å²) in [4.78, 5) is 11.6. The Labute approximate surface area is 116 Å². The van der Waals surface area contributed by atoms with Gasteiger partial charge in [0.15, 0.2) is 9.84 Å². The number of unbranched alkanes of at least 4 members (excludes halogenated alkanes) is 1. The largest absolute Gasteiger partial charge is 0.325 e. The number of carbonyl (C=O) groups is 1. The fraction of sp³-hybridized carbons (Fsp3) is 0.417. The Morgan fingerprint density at radius 1 is 1.28 bits per heavy atom. The monoisotopic (exact) mass is 333 g/mol. The molecule has 0 aliphatic carbocycles. The Kier molecular flexibility index (Phi) is 5.81. The van der Waals surface area contributed by atoms with Crippen molar-refractivity contribution in [3.8, 4) is 0 Å². The molecule has 1 rings (SSSR count). The van der Waals surface area contributed by atoms with E-state index in [1.165, 1.54) is 0 Å². The molecule has 1 aromatic carbocycles. The lowest BCUT2D eigenvalue weighted by atomic mass is 10.3. The summed E-state index contributed by atoms with van der Waals surface area (Å²) in [5.74, 6) is -0.881. The van der Waals surface area contributed by atoms with Crippen molar-refractivity contribution in [2.24, 2.45) is 0 Å². The van der Waals surface area contributed by atoms with Crippen molar-refractivity contribution in [2.45, 2.75) is 19.8 Å². The molecule has 1 amide bonds. The number of halogens is 1. The predicted molar refractivity (Wildman–Crippen MR) is 76.3 cm³/mol.